The van der Waals surface area contributed by atoms with Gasteiger partial charge in [-0.1, -0.05) is 116 Å². The second-order valence-electron chi connectivity index (χ2n) is 14.5. The lowest BCUT2D eigenvalue weighted by Gasteiger charge is -2.64. The Bertz CT molecular complexity index is 1650. The fraction of sp³-hybridized carbons (Fsp3) is 0.410. The van der Waals surface area contributed by atoms with Gasteiger partial charge in [0, 0.05) is 12.0 Å². The zero-order valence-electron chi connectivity index (χ0n) is 26.6. The summed E-state index contributed by atoms with van der Waals surface area (Å²) in [6.45, 7) is 9.46. The molecule has 6 nitrogen and oxygen atoms in total. The van der Waals surface area contributed by atoms with Crippen LogP contribution in [0.3, 0.4) is 0 Å². The summed E-state index contributed by atoms with van der Waals surface area (Å²) in [6, 6.07) is 29.2. The van der Waals surface area contributed by atoms with Crippen molar-refractivity contribution in [3.8, 4) is 0 Å². The molecule has 4 bridgehead atoms. The lowest BCUT2D eigenvalue weighted by atomic mass is 9.39. The Labute approximate surface area is 265 Å². The molecule has 1 aliphatic heterocycles. The zero-order chi connectivity index (χ0) is 31.7. The fourth-order valence-electron chi connectivity index (χ4n) is 9.64. The third-order valence-electron chi connectivity index (χ3n) is 12.0. The number of amides is 1. The Kier molecular flexibility index (Phi) is 6.67. The number of nitrogens with zero attached hydrogens (tertiary/aromatic N) is 1. The molecule has 232 valence electrons. The van der Waals surface area contributed by atoms with Crippen LogP contribution in [-0.2, 0) is 43.6 Å². The van der Waals surface area contributed by atoms with E-state index in [4.69, 9.17) is 9.47 Å². The van der Waals surface area contributed by atoms with Gasteiger partial charge in [-0.3, -0.25) is 14.4 Å². The number of carbonyl (C=O) groups excluding carboxylic acids is 3. The lowest BCUT2D eigenvalue weighted by Crippen LogP contribution is -2.63. The smallest absolute Gasteiger partial charge is 0.324 e. The van der Waals surface area contributed by atoms with Gasteiger partial charge in [-0.25, -0.2) is 0 Å². The van der Waals surface area contributed by atoms with Crippen LogP contribution < -0.4 is 0 Å². The quantitative estimate of drug-likeness (QED) is 0.155. The highest BCUT2D eigenvalue weighted by Crippen LogP contribution is 2.79. The van der Waals surface area contributed by atoms with Gasteiger partial charge in [-0.2, -0.15) is 0 Å². The van der Waals surface area contributed by atoms with Crippen LogP contribution in [0.25, 0.3) is 0 Å². The molecule has 3 aromatic carbocycles. The summed E-state index contributed by atoms with van der Waals surface area (Å²) in [4.78, 5) is 45.1. The summed E-state index contributed by atoms with van der Waals surface area (Å²) < 4.78 is 11.9. The van der Waals surface area contributed by atoms with Crippen molar-refractivity contribution in [2.24, 2.45) is 21.7 Å². The molecule has 5 aliphatic rings. The maximum atomic E-state index is 14.5. The minimum atomic E-state index is -1.51. The molecule has 1 saturated carbocycles. The van der Waals surface area contributed by atoms with Crippen molar-refractivity contribution in [3.05, 3.63) is 119 Å². The van der Waals surface area contributed by atoms with Crippen LogP contribution in [0.2, 0.25) is 0 Å². The summed E-state index contributed by atoms with van der Waals surface area (Å²) in [6.07, 6.45) is 1.92. The van der Waals surface area contributed by atoms with Crippen molar-refractivity contribution in [3.63, 3.8) is 0 Å². The third kappa shape index (κ3) is 4.10. The van der Waals surface area contributed by atoms with Crippen LogP contribution in [0.4, 0.5) is 0 Å². The van der Waals surface area contributed by atoms with Crippen LogP contribution in [0.15, 0.2) is 102 Å². The van der Waals surface area contributed by atoms with Crippen LogP contribution in [0, 0.1) is 21.7 Å². The summed E-state index contributed by atoms with van der Waals surface area (Å²) >= 11 is 0. The first kappa shape index (κ1) is 29.5. The number of hydrogen-bond donors (Lipinski definition) is 0. The van der Waals surface area contributed by atoms with Crippen LogP contribution in [-0.4, -0.2) is 28.3 Å². The SMILES string of the molecule is C[C@@]12C[C@@]3(C)N(Cc4ccccc4)C(=O)[C@@](C)(C1)[C@@]3(C)C1=C2CC(C(=O)OCc2ccccc2)(C(=O)OCc2ccccc2)C1. The Morgan fingerprint density at radius 1 is 0.667 bits per heavy atom. The van der Waals surface area contributed by atoms with Crippen molar-refractivity contribution in [2.45, 2.75) is 78.7 Å². The molecule has 0 radical (unpaired) electrons. The average Bonchev–Trinajstić information content (AvgIpc) is 3.51. The highest BCUT2D eigenvalue weighted by Gasteiger charge is 2.80. The maximum absolute atomic E-state index is 14.5. The minimum Gasteiger partial charge on any atom is -0.460 e. The van der Waals surface area contributed by atoms with Gasteiger partial charge in [0.1, 0.15) is 13.2 Å². The van der Waals surface area contributed by atoms with Crippen molar-refractivity contribution in [1.82, 2.24) is 4.90 Å². The number of allylic oxidation sites excluding steroid dienone is 1. The summed E-state index contributed by atoms with van der Waals surface area (Å²) in [5.74, 6) is -0.955. The molecular formula is C39H41NO5. The topological polar surface area (TPSA) is 72.9 Å². The van der Waals surface area contributed by atoms with E-state index in [9.17, 15) is 14.4 Å². The predicted molar refractivity (Wildman–Crippen MR) is 170 cm³/mol. The predicted octanol–water partition coefficient (Wildman–Crippen LogP) is 7.18. The van der Waals surface area contributed by atoms with E-state index in [0.29, 0.717) is 13.0 Å². The first-order chi connectivity index (χ1) is 21.5. The molecule has 1 heterocycles. The highest BCUT2D eigenvalue weighted by atomic mass is 16.6. The molecule has 3 aromatic rings. The zero-order valence-corrected chi connectivity index (χ0v) is 26.6. The fourth-order valence-corrected chi connectivity index (χ4v) is 9.64. The number of esters is 2. The molecule has 0 aromatic heterocycles. The molecule has 4 aliphatic carbocycles. The Morgan fingerprint density at radius 2 is 1.13 bits per heavy atom. The molecule has 0 unspecified atom stereocenters. The van der Waals surface area contributed by atoms with Gasteiger partial charge in [0.25, 0.3) is 0 Å². The number of hydrogen-bond acceptors (Lipinski definition) is 5. The third-order valence-corrected chi connectivity index (χ3v) is 12.0. The molecular weight excluding hydrogens is 562 g/mol. The summed E-state index contributed by atoms with van der Waals surface area (Å²) in [5.41, 5.74) is 1.44. The van der Waals surface area contributed by atoms with E-state index >= 15 is 0 Å². The second-order valence-corrected chi connectivity index (χ2v) is 14.5. The Morgan fingerprint density at radius 3 is 1.64 bits per heavy atom. The highest BCUT2D eigenvalue weighted by molar-refractivity contribution is 6.02. The number of ether oxygens (including phenoxy) is 2. The van der Waals surface area contributed by atoms with E-state index in [0.717, 1.165) is 34.3 Å². The minimum absolute atomic E-state index is 0.0748. The maximum Gasteiger partial charge on any atom is 0.324 e. The molecule has 0 N–H and O–H groups in total. The molecule has 45 heavy (non-hydrogen) atoms. The van der Waals surface area contributed by atoms with Crippen LogP contribution in [0.1, 0.15) is 70.1 Å². The second kappa shape index (κ2) is 10.2. The Balaban J connectivity index is 1.26. The van der Waals surface area contributed by atoms with Crippen LogP contribution in [0.5, 0.6) is 0 Å². The first-order valence-electron chi connectivity index (χ1n) is 16.0. The van der Waals surface area contributed by atoms with Gasteiger partial charge < -0.3 is 14.4 Å². The lowest BCUT2D eigenvalue weighted by molar-refractivity contribution is -0.173. The van der Waals surface area contributed by atoms with Crippen molar-refractivity contribution in [2.75, 3.05) is 0 Å². The molecule has 1 amide bonds. The Hall–Kier alpha value is -4.19. The monoisotopic (exact) mass is 603 g/mol. The first-order valence-corrected chi connectivity index (χ1v) is 16.0. The molecule has 1 saturated heterocycles. The van der Waals surface area contributed by atoms with E-state index in [1.165, 1.54) is 0 Å². The van der Waals surface area contributed by atoms with Crippen molar-refractivity contribution >= 4 is 17.8 Å². The van der Waals surface area contributed by atoms with Gasteiger partial charge in [-0.05, 0) is 61.6 Å². The van der Waals surface area contributed by atoms with E-state index in [1.807, 2.05) is 78.9 Å². The number of benzene rings is 3. The van der Waals surface area contributed by atoms with E-state index in [-0.39, 0.29) is 37.4 Å². The normalized spacial score (nSPS) is 30.8. The largest absolute Gasteiger partial charge is 0.460 e. The molecule has 0 spiro atoms. The molecule has 4 atom stereocenters. The van der Waals surface area contributed by atoms with Gasteiger partial charge >= 0.3 is 11.9 Å². The van der Waals surface area contributed by atoms with E-state index in [2.05, 4.69) is 44.7 Å². The van der Waals surface area contributed by atoms with Crippen LogP contribution >= 0.6 is 0 Å². The molecule has 6 heteroatoms. The number of carbonyl (C=O) groups is 3. The summed E-state index contributed by atoms with van der Waals surface area (Å²) in [7, 11) is 0. The van der Waals surface area contributed by atoms with E-state index in [1.54, 1.807) is 0 Å². The van der Waals surface area contributed by atoms with Gasteiger partial charge in [-0.15, -0.1) is 0 Å². The van der Waals surface area contributed by atoms with Crippen molar-refractivity contribution < 1.29 is 23.9 Å². The van der Waals surface area contributed by atoms with Gasteiger partial charge in [0.05, 0.1) is 11.0 Å². The number of likely N-dealkylation sites (tertiary alicyclic amines) is 1. The molecule has 2 fully saturated rings. The van der Waals surface area contributed by atoms with Crippen molar-refractivity contribution in [1.29, 1.82) is 0 Å². The molecule has 8 rings (SSSR count). The standard InChI is InChI=1S/C39H41NO5/c1-35-25-36(2)32(41)40(22-27-14-8-5-9-15-27)37(3,26-35)38(36,4)31-21-39(20-30(31)35,33(42)44-23-28-16-10-6-11-17-28)34(43)45-24-29-18-12-7-13-19-29/h5-19H,20-26H2,1-4H3/t35-,36+,37+,38+/m0/s1. The summed E-state index contributed by atoms with van der Waals surface area (Å²) in [5, 5.41) is 0. The average molecular weight is 604 g/mol. The van der Waals surface area contributed by atoms with E-state index < -0.39 is 33.7 Å². The van der Waals surface area contributed by atoms with Gasteiger partial charge in [0.15, 0.2) is 5.41 Å². The van der Waals surface area contributed by atoms with Gasteiger partial charge in [0.2, 0.25) is 5.91 Å². The number of rotatable bonds is 8.